The third-order valence-corrected chi connectivity index (χ3v) is 5.12. The van der Waals surface area contributed by atoms with Gasteiger partial charge in [0, 0.05) is 13.1 Å². The van der Waals surface area contributed by atoms with E-state index in [1.54, 1.807) is 28.4 Å². The Bertz CT molecular complexity index is 895. The number of thiazole rings is 1. The fourth-order valence-electron chi connectivity index (χ4n) is 2.70. The fraction of sp³-hybridized carbons (Fsp3) is 0.300. The molecule has 27 heavy (non-hydrogen) atoms. The highest BCUT2D eigenvalue weighted by molar-refractivity contribution is 7.18. The van der Waals surface area contributed by atoms with Crippen LogP contribution in [0.3, 0.4) is 0 Å². The molecule has 1 aromatic heterocycles. The van der Waals surface area contributed by atoms with Crippen LogP contribution in [0.2, 0.25) is 0 Å². The van der Waals surface area contributed by atoms with Crippen LogP contribution in [-0.4, -0.2) is 36.1 Å². The third kappa shape index (κ3) is 4.81. The number of hydrogen-bond donors (Lipinski definition) is 0. The van der Waals surface area contributed by atoms with Gasteiger partial charge >= 0.3 is 0 Å². The first kappa shape index (κ1) is 19.3. The van der Waals surface area contributed by atoms with E-state index in [4.69, 9.17) is 9.47 Å². The van der Waals surface area contributed by atoms with Gasteiger partial charge in [-0.05, 0) is 36.8 Å². The highest BCUT2D eigenvalue weighted by Gasteiger charge is 2.14. The molecule has 3 rings (SSSR count). The second kappa shape index (κ2) is 8.92. The number of fused-ring (bicyclic) bond motifs is 1. The van der Waals surface area contributed by atoms with Gasteiger partial charge < -0.3 is 14.4 Å². The van der Waals surface area contributed by atoms with Gasteiger partial charge in [-0.2, -0.15) is 0 Å². The Hall–Kier alpha value is -2.51. The maximum absolute atomic E-state index is 13.8. The number of halogens is 1. The molecule has 0 N–H and O–H groups in total. The Labute approximate surface area is 161 Å². The van der Waals surface area contributed by atoms with E-state index in [1.165, 1.54) is 13.2 Å². The lowest BCUT2D eigenvalue weighted by Crippen LogP contribution is -2.33. The number of aromatic nitrogens is 1. The number of ether oxygens (including phenoxy) is 2. The van der Waals surface area contributed by atoms with E-state index in [0.29, 0.717) is 25.3 Å². The standard InChI is InChI=1S/C20H21FN2O3S/c1-3-23(11-14-8-9-17(25-2)15(21)10-14)20(24)13-26-12-19-22-16-6-4-5-7-18(16)27-19/h4-10H,3,11-13H2,1-2H3. The molecule has 0 saturated carbocycles. The van der Waals surface area contributed by atoms with Crippen molar-refractivity contribution in [2.24, 2.45) is 0 Å². The molecule has 3 aromatic rings. The van der Waals surface area contributed by atoms with Gasteiger partial charge in [-0.25, -0.2) is 9.37 Å². The van der Waals surface area contributed by atoms with Crippen LogP contribution in [0.5, 0.6) is 5.75 Å². The van der Waals surface area contributed by atoms with Gasteiger partial charge in [0.1, 0.15) is 11.6 Å². The molecule has 0 spiro atoms. The first-order chi connectivity index (χ1) is 13.1. The molecule has 0 radical (unpaired) electrons. The van der Waals surface area contributed by atoms with E-state index in [1.807, 2.05) is 31.2 Å². The zero-order valence-corrected chi connectivity index (χ0v) is 16.1. The normalized spacial score (nSPS) is 10.9. The number of para-hydroxylation sites is 1. The zero-order chi connectivity index (χ0) is 19.2. The molecule has 0 aliphatic rings. The summed E-state index contributed by atoms with van der Waals surface area (Å²) in [5, 5.41) is 0.837. The monoisotopic (exact) mass is 388 g/mol. The Morgan fingerprint density at radius 3 is 2.78 bits per heavy atom. The average Bonchev–Trinajstić information content (AvgIpc) is 3.09. The van der Waals surface area contributed by atoms with Gasteiger partial charge in [0.2, 0.25) is 5.91 Å². The minimum Gasteiger partial charge on any atom is -0.494 e. The zero-order valence-electron chi connectivity index (χ0n) is 15.3. The summed E-state index contributed by atoms with van der Waals surface area (Å²) in [7, 11) is 1.42. The maximum Gasteiger partial charge on any atom is 0.248 e. The van der Waals surface area contributed by atoms with E-state index >= 15 is 0 Å². The van der Waals surface area contributed by atoms with Crippen LogP contribution >= 0.6 is 11.3 Å². The van der Waals surface area contributed by atoms with Crippen molar-refractivity contribution in [1.29, 1.82) is 0 Å². The largest absolute Gasteiger partial charge is 0.494 e. The van der Waals surface area contributed by atoms with Crippen molar-refractivity contribution >= 4 is 27.5 Å². The SMILES string of the molecule is CCN(Cc1ccc(OC)c(F)c1)C(=O)COCc1nc2ccccc2s1. The minimum absolute atomic E-state index is 0.0393. The molecule has 0 unspecified atom stereocenters. The summed E-state index contributed by atoms with van der Waals surface area (Å²) in [5.74, 6) is -0.396. The lowest BCUT2D eigenvalue weighted by molar-refractivity contribution is -0.137. The molecule has 0 atom stereocenters. The summed E-state index contributed by atoms with van der Waals surface area (Å²) in [5.41, 5.74) is 1.64. The van der Waals surface area contributed by atoms with Gasteiger partial charge in [-0.3, -0.25) is 4.79 Å². The number of amides is 1. The van der Waals surface area contributed by atoms with Crippen LogP contribution in [0.15, 0.2) is 42.5 Å². The average molecular weight is 388 g/mol. The Morgan fingerprint density at radius 1 is 1.26 bits per heavy atom. The highest BCUT2D eigenvalue weighted by atomic mass is 32.1. The van der Waals surface area contributed by atoms with Crippen molar-refractivity contribution in [3.05, 3.63) is 58.9 Å². The maximum atomic E-state index is 13.8. The third-order valence-electron chi connectivity index (χ3n) is 4.11. The van der Waals surface area contributed by atoms with Crippen LogP contribution in [0.4, 0.5) is 4.39 Å². The molecule has 0 aliphatic carbocycles. The van der Waals surface area contributed by atoms with Gasteiger partial charge in [-0.1, -0.05) is 18.2 Å². The molecule has 7 heteroatoms. The number of rotatable bonds is 8. The second-order valence-electron chi connectivity index (χ2n) is 5.94. The predicted octanol–water partition coefficient (Wildman–Crippen LogP) is 4.01. The number of methoxy groups -OCH3 is 1. The summed E-state index contributed by atoms with van der Waals surface area (Å²) in [6.07, 6.45) is 0. The molecule has 0 bridgehead atoms. The van der Waals surface area contributed by atoms with Crippen molar-refractivity contribution in [3.63, 3.8) is 0 Å². The summed E-state index contributed by atoms with van der Waals surface area (Å²) in [6, 6.07) is 12.6. The topological polar surface area (TPSA) is 51.7 Å². The van der Waals surface area contributed by atoms with Crippen LogP contribution in [0, 0.1) is 5.82 Å². The summed E-state index contributed by atoms with van der Waals surface area (Å²) < 4.78 is 25.4. The Balaban J connectivity index is 1.54. The molecular formula is C20H21FN2O3S. The minimum atomic E-state index is -0.439. The van der Waals surface area contributed by atoms with E-state index in [9.17, 15) is 9.18 Å². The summed E-state index contributed by atoms with van der Waals surface area (Å²) >= 11 is 1.56. The first-order valence-corrected chi connectivity index (χ1v) is 9.44. The van der Waals surface area contributed by atoms with Crippen LogP contribution < -0.4 is 4.74 Å². The number of nitrogens with zero attached hydrogens (tertiary/aromatic N) is 2. The number of likely N-dealkylation sites (N-methyl/N-ethyl adjacent to an activating group) is 1. The van der Waals surface area contributed by atoms with Crippen molar-refractivity contribution in [2.75, 3.05) is 20.3 Å². The summed E-state index contributed by atoms with van der Waals surface area (Å²) in [4.78, 5) is 18.5. The smallest absolute Gasteiger partial charge is 0.248 e. The molecule has 1 heterocycles. The molecule has 0 aliphatic heterocycles. The van der Waals surface area contributed by atoms with Gasteiger partial charge in [-0.15, -0.1) is 11.3 Å². The van der Waals surface area contributed by atoms with Gasteiger partial charge in [0.25, 0.3) is 0 Å². The van der Waals surface area contributed by atoms with Crippen LogP contribution in [-0.2, 0) is 22.7 Å². The van der Waals surface area contributed by atoms with Crippen molar-refractivity contribution in [1.82, 2.24) is 9.88 Å². The Morgan fingerprint density at radius 2 is 2.07 bits per heavy atom. The predicted molar refractivity (Wildman–Crippen MR) is 103 cm³/mol. The summed E-state index contributed by atoms with van der Waals surface area (Å²) in [6.45, 7) is 2.96. The van der Waals surface area contributed by atoms with Crippen molar-refractivity contribution in [3.8, 4) is 5.75 Å². The lowest BCUT2D eigenvalue weighted by Gasteiger charge is -2.21. The Kier molecular flexibility index (Phi) is 6.36. The van der Waals surface area contributed by atoms with Crippen LogP contribution in [0.1, 0.15) is 17.5 Å². The van der Waals surface area contributed by atoms with E-state index in [-0.39, 0.29) is 18.3 Å². The number of hydrogen-bond acceptors (Lipinski definition) is 5. The van der Waals surface area contributed by atoms with Crippen LogP contribution in [0.25, 0.3) is 10.2 Å². The number of carbonyl (C=O) groups is 1. The van der Waals surface area contributed by atoms with E-state index < -0.39 is 5.82 Å². The second-order valence-corrected chi connectivity index (χ2v) is 7.06. The van der Waals surface area contributed by atoms with Gasteiger partial charge in [0.15, 0.2) is 11.6 Å². The van der Waals surface area contributed by atoms with E-state index in [0.717, 1.165) is 15.2 Å². The molecule has 0 saturated heterocycles. The van der Waals surface area contributed by atoms with E-state index in [2.05, 4.69) is 4.98 Å². The highest BCUT2D eigenvalue weighted by Crippen LogP contribution is 2.22. The molecule has 1 amide bonds. The number of benzene rings is 2. The molecule has 0 fully saturated rings. The first-order valence-electron chi connectivity index (χ1n) is 8.63. The van der Waals surface area contributed by atoms with Gasteiger partial charge in [0.05, 0.1) is 23.9 Å². The molecular weight excluding hydrogens is 367 g/mol. The molecule has 5 nitrogen and oxygen atoms in total. The lowest BCUT2D eigenvalue weighted by atomic mass is 10.2. The molecule has 142 valence electrons. The van der Waals surface area contributed by atoms with Crippen molar-refractivity contribution in [2.45, 2.75) is 20.1 Å². The molecule has 2 aromatic carbocycles. The quantitative estimate of drug-likeness (QED) is 0.585. The fourth-order valence-corrected chi connectivity index (χ4v) is 3.61. The van der Waals surface area contributed by atoms with Crippen molar-refractivity contribution < 1.29 is 18.7 Å². The number of carbonyl (C=O) groups excluding carboxylic acids is 1.